The Morgan fingerprint density at radius 1 is 1.12 bits per heavy atom. The van der Waals surface area contributed by atoms with E-state index in [0.717, 1.165) is 23.4 Å². The molecule has 0 unspecified atom stereocenters. The number of fused-ring (bicyclic) bond motifs is 3. The molecule has 3 aliphatic heterocycles. The molecule has 24 heavy (non-hydrogen) atoms. The smallest absolute Gasteiger partial charge is 0.325 e. The monoisotopic (exact) mass is 325 g/mol. The molecule has 0 saturated carbocycles. The first kappa shape index (κ1) is 15.3. The second-order valence-corrected chi connectivity index (χ2v) is 6.73. The van der Waals surface area contributed by atoms with E-state index < -0.39 is 0 Å². The Kier molecular flexibility index (Phi) is 4.02. The number of amides is 1. The maximum Gasteiger partial charge on any atom is 0.325 e. The van der Waals surface area contributed by atoms with E-state index in [1.54, 1.807) is 11.7 Å². The second-order valence-electron chi connectivity index (χ2n) is 6.73. The van der Waals surface area contributed by atoms with Crippen LogP contribution in [-0.2, 0) is 0 Å². The third-order valence-electron chi connectivity index (χ3n) is 5.32. The fourth-order valence-electron chi connectivity index (χ4n) is 3.84. The van der Waals surface area contributed by atoms with Crippen molar-refractivity contribution in [2.75, 3.05) is 26.7 Å². The number of piperidine rings is 3. The van der Waals surface area contributed by atoms with Gasteiger partial charge in [0.15, 0.2) is 0 Å². The Morgan fingerprint density at radius 2 is 1.88 bits per heavy atom. The van der Waals surface area contributed by atoms with Crippen LogP contribution < -0.4 is 10.1 Å². The van der Waals surface area contributed by atoms with Crippen LogP contribution >= 0.6 is 0 Å². The molecular weight excluding hydrogens is 302 g/mol. The van der Waals surface area contributed by atoms with Crippen molar-refractivity contribution in [2.45, 2.75) is 18.9 Å². The molecule has 1 atom stereocenters. The van der Waals surface area contributed by atoms with Crippen LogP contribution in [-0.4, -0.2) is 48.3 Å². The van der Waals surface area contributed by atoms with Gasteiger partial charge in [-0.15, -0.1) is 0 Å². The minimum absolute atomic E-state index is 0.0338. The first-order valence-electron chi connectivity index (χ1n) is 8.58. The van der Waals surface area contributed by atoms with Crippen molar-refractivity contribution in [1.29, 1.82) is 0 Å². The van der Waals surface area contributed by atoms with E-state index in [4.69, 9.17) is 4.74 Å². The van der Waals surface area contributed by atoms with Crippen LogP contribution in [0.4, 0.5) is 4.79 Å². The van der Waals surface area contributed by atoms with E-state index in [-0.39, 0.29) is 12.1 Å². The normalized spacial score (nSPS) is 25.5. The fraction of sp³-hybridized carbons (Fsp3) is 0.421. The molecule has 2 aromatic rings. The third-order valence-corrected chi connectivity index (χ3v) is 5.32. The van der Waals surface area contributed by atoms with Crippen molar-refractivity contribution in [3.8, 4) is 16.9 Å². The molecule has 4 heterocycles. The number of benzene rings is 1. The lowest BCUT2D eigenvalue weighted by Gasteiger charge is -2.44. The Balaban J connectivity index is 1.44. The number of rotatable bonds is 3. The molecule has 1 amide bonds. The summed E-state index contributed by atoms with van der Waals surface area (Å²) in [6.07, 6.45) is 6.12. The molecule has 1 aromatic carbocycles. The van der Waals surface area contributed by atoms with Gasteiger partial charge >= 0.3 is 6.03 Å². The molecule has 126 valence electrons. The van der Waals surface area contributed by atoms with E-state index in [2.05, 4.69) is 10.2 Å². The molecule has 2 bridgehead atoms. The standard InChI is InChI=1S/C19H23N3O2/c1-24-17-4-2-14(3-5-17)16-8-11-22(12-16)19(23)20-18-13-21-9-6-15(18)7-10-21/h2-5,8,11-12,15,18H,6-7,9-10,13H2,1H3,(H,20,23)/t18-/m0/s1. The maximum absolute atomic E-state index is 12.5. The summed E-state index contributed by atoms with van der Waals surface area (Å²) >= 11 is 0. The van der Waals surface area contributed by atoms with E-state index in [1.807, 2.05) is 42.7 Å². The summed E-state index contributed by atoms with van der Waals surface area (Å²) in [4.78, 5) is 15.0. The largest absolute Gasteiger partial charge is 0.497 e. The number of carbonyl (C=O) groups is 1. The number of nitrogens with zero attached hydrogens (tertiary/aromatic N) is 2. The first-order valence-corrected chi connectivity index (χ1v) is 8.58. The van der Waals surface area contributed by atoms with E-state index in [0.29, 0.717) is 5.92 Å². The van der Waals surface area contributed by atoms with Gasteiger partial charge in [-0.1, -0.05) is 12.1 Å². The Morgan fingerprint density at radius 3 is 2.50 bits per heavy atom. The van der Waals surface area contributed by atoms with Crippen molar-refractivity contribution in [3.05, 3.63) is 42.7 Å². The Bertz CT molecular complexity index is 714. The molecule has 5 heteroatoms. The lowest BCUT2D eigenvalue weighted by molar-refractivity contribution is 0.0767. The number of carbonyl (C=O) groups excluding carboxylic acids is 1. The maximum atomic E-state index is 12.5. The summed E-state index contributed by atoms with van der Waals surface area (Å²) in [6.45, 7) is 3.35. The third kappa shape index (κ3) is 2.91. The minimum atomic E-state index is -0.0338. The molecule has 0 radical (unpaired) electrons. The quantitative estimate of drug-likeness (QED) is 0.944. The van der Waals surface area contributed by atoms with Gasteiger partial charge in [0.25, 0.3) is 0 Å². The van der Waals surface area contributed by atoms with Crippen LogP contribution in [0.5, 0.6) is 5.75 Å². The van der Waals surface area contributed by atoms with Gasteiger partial charge in [0.1, 0.15) is 5.75 Å². The van der Waals surface area contributed by atoms with Crippen molar-refractivity contribution >= 4 is 6.03 Å². The highest BCUT2D eigenvalue weighted by Crippen LogP contribution is 2.28. The number of aromatic nitrogens is 1. The van der Waals surface area contributed by atoms with E-state index >= 15 is 0 Å². The van der Waals surface area contributed by atoms with Crippen molar-refractivity contribution in [1.82, 2.24) is 14.8 Å². The zero-order chi connectivity index (χ0) is 16.5. The average Bonchev–Trinajstić information content (AvgIpc) is 3.13. The highest BCUT2D eigenvalue weighted by Gasteiger charge is 2.34. The number of methoxy groups -OCH3 is 1. The molecule has 3 fully saturated rings. The number of nitrogens with one attached hydrogen (secondary N) is 1. The number of hydrogen-bond acceptors (Lipinski definition) is 3. The average molecular weight is 325 g/mol. The molecule has 0 spiro atoms. The van der Waals surface area contributed by atoms with Crippen molar-refractivity contribution < 1.29 is 9.53 Å². The van der Waals surface area contributed by atoms with E-state index in [9.17, 15) is 4.79 Å². The molecule has 5 nitrogen and oxygen atoms in total. The van der Waals surface area contributed by atoms with Gasteiger partial charge < -0.3 is 15.0 Å². The predicted octanol–water partition coefficient (Wildman–Crippen LogP) is 2.82. The summed E-state index contributed by atoms with van der Waals surface area (Å²) in [7, 11) is 1.66. The molecule has 1 N–H and O–H groups in total. The molecule has 3 saturated heterocycles. The lowest BCUT2D eigenvalue weighted by atomic mass is 9.84. The highest BCUT2D eigenvalue weighted by molar-refractivity contribution is 5.79. The SMILES string of the molecule is COc1ccc(-c2ccn(C(=O)N[C@H]3CN4CCC3CC4)c2)cc1. The summed E-state index contributed by atoms with van der Waals surface area (Å²) in [5, 5.41) is 3.21. The molecule has 1 aromatic heterocycles. The lowest BCUT2D eigenvalue weighted by Crippen LogP contribution is -2.57. The van der Waals surface area contributed by atoms with Crippen LogP contribution in [0.3, 0.4) is 0 Å². The zero-order valence-corrected chi connectivity index (χ0v) is 13.9. The highest BCUT2D eigenvalue weighted by atomic mass is 16.5. The van der Waals surface area contributed by atoms with Crippen molar-refractivity contribution in [2.24, 2.45) is 5.92 Å². The summed E-state index contributed by atoms with van der Waals surface area (Å²) in [5.41, 5.74) is 2.10. The van der Waals surface area contributed by atoms with Crippen LogP contribution in [0, 0.1) is 5.92 Å². The summed E-state index contributed by atoms with van der Waals surface area (Å²) < 4.78 is 6.83. The second kappa shape index (κ2) is 6.32. The van der Waals surface area contributed by atoms with Gasteiger partial charge in [-0.3, -0.25) is 4.57 Å². The minimum Gasteiger partial charge on any atom is -0.497 e. The van der Waals surface area contributed by atoms with Gasteiger partial charge in [0.2, 0.25) is 0 Å². The predicted molar refractivity (Wildman–Crippen MR) is 93.3 cm³/mol. The van der Waals surface area contributed by atoms with Gasteiger partial charge in [-0.05, 0) is 61.2 Å². The van der Waals surface area contributed by atoms with Gasteiger partial charge in [-0.2, -0.15) is 0 Å². The van der Waals surface area contributed by atoms with Crippen LogP contribution in [0.25, 0.3) is 11.1 Å². The topological polar surface area (TPSA) is 46.5 Å². The number of hydrogen-bond donors (Lipinski definition) is 1. The van der Waals surface area contributed by atoms with Gasteiger partial charge in [0.05, 0.1) is 7.11 Å². The fourth-order valence-corrected chi connectivity index (χ4v) is 3.84. The Hall–Kier alpha value is -2.27. The number of ether oxygens (including phenoxy) is 1. The molecule has 3 aliphatic rings. The molecule has 5 rings (SSSR count). The van der Waals surface area contributed by atoms with Gasteiger partial charge in [-0.25, -0.2) is 4.79 Å². The Labute approximate surface area is 142 Å². The molecular formula is C19H23N3O2. The van der Waals surface area contributed by atoms with Crippen LogP contribution in [0.1, 0.15) is 12.8 Å². The summed E-state index contributed by atoms with van der Waals surface area (Å²) in [6, 6.07) is 10.1. The van der Waals surface area contributed by atoms with Gasteiger partial charge in [0, 0.05) is 25.0 Å². The van der Waals surface area contributed by atoms with Crippen LogP contribution in [0.15, 0.2) is 42.7 Å². The van der Waals surface area contributed by atoms with Crippen LogP contribution in [0.2, 0.25) is 0 Å². The van der Waals surface area contributed by atoms with Crippen molar-refractivity contribution in [3.63, 3.8) is 0 Å². The zero-order valence-electron chi connectivity index (χ0n) is 13.9. The first-order chi connectivity index (χ1) is 11.7. The van der Waals surface area contributed by atoms with E-state index in [1.165, 1.54) is 25.9 Å². The summed E-state index contributed by atoms with van der Waals surface area (Å²) in [5.74, 6) is 1.47. The molecule has 0 aliphatic carbocycles.